The van der Waals surface area contributed by atoms with Crippen LogP contribution in [0, 0.1) is 5.92 Å². The zero-order valence-corrected chi connectivity index (χ0v) is 34.6. The molecule has 3 N–H and O–H groups in total. The SMILES string of the molecule is CCCCCCCCCCCCCCCC(=O)NCc1ccc(C2OC(CN3CCC(n4c(=O)[nH]c5ccccc54)CC3)C(C)C(c3ccc(CO)cc3)O2)cc1. The molecule has 9 heteroatoms. The number of hydrogen-bond donors (Lipinski definition) is 3. The van der Waals surface area contributed by atoms with Crippen molar-refractivity contribution < 1.29 is 19.4 Å². The minimum Gasteiger partial charge on any atom is -0.392 e. The molecule has 2 saturated heterocycles. The van der Waals surface area contributed by atoms with Gasteiger partial charge in [0.15, 0.2) is 6.29 Å². The first-order valence-electron chi connectivity index (χ1n) is 22.2. The fourth-order valence-corrected chi connectivity index (χ4v) is 8.76. The molecule has 0 spiro atoms. The van der Waals surface area contributed by atoms with Crippen LogP contribution in [0.15, 0.2) is 77.6 Å². The van der Waals surface area contributed by atoms with Crippen LogP contribution in [0.5, 0.6) is 0 Å². The lowest BCUT2D eigenvalue weighted by molar-refractivity contribution is -0.276. The molecule has 4 unspecified atom stereocenters. The van der Waals surface area contributed by atoms with E-state index in [1.165, 1.54) is 70.6 Å². The number of amides is 1. The van der Waals surface area contributed by atoms with Crippen molar-refractivity contribution in [1.82, 2.24) is 19.8 Å². The summed E-state index contributed by atoms with van der Waals surface area (Å²) in [4.78, 5) is 31.0. The average Bonchev–Trinajstić information content (AvgIpc) is 3.58. The first-order chi connectivity index (χ1) is 27.9. The molecule has 0 bridgehead atoms. The number of rotatable bonds is 22. The molecule has 310 valence electrons. The zero-order chi connectivity index (χ0) is 39.8. The summed E-state index contributed by atoms with van der Waals surface area (Å²) in [6.45, 7) is 7.51. The molecule has 4 atom stereocenters. The number of hydrogen-bond acceptors (Lipinski definition) is 6. The standard InChI is InChI=1S/C48H68N4O5/c1-3-4-5-6-7-8-9-10-11-12-13-14-15-20-45(54)49-33-37-21-27-40(28-22-37)47-56-44(36(2)46(57-47)39-25-23-38(35-53)24-26-39)34-51-31-29-41(30-32-51)52-43-19-17-16-18-42(43)50-48(52)55/h16-19,21-28,36,41,44,46-47,53H,3-15,20,29-35H2,1-2H3,(H,49,54)(H,50,55). The van der Waals surface area contributed by atoms with E-state index in [-0.39, 0.29) is 42.4 Å². The van der Waals surface area contributed by atoms with Crippen molar-refractivity contribution in [3.05, 3.63) is 106 Å². The first kappa shape index (κ1) is 42.8. The lowest BCUT2D eigenvalue weighted by Crippen LogP contribution is -2.47. The van der Waals surface area contributed by atoms with E-state index in [0.717, 1.165) is 78.6 Å². The third kappa shape index (κ3) is 12.4. The Kier molecular flexibility index (Phi) is 16.8. The molecule has 9 nitrogen and oxygen atoms in total. The number of piperidine rings is 1. The summed E-state index contributed by atoms with van der Waals surface area (Å²) in [5.41, 5.74) is 5.76. The highest BCUT2D eigenvalue weighted by atomic mass is 16.7. The van der Waals surface area contributed by atoms with Crippen LogP contribution in [-0.2, 0) is 27.4 Å². The smallest absolute Gasteiger partial charge is 0.326 e. The second-order valence-electron chi connectivity index (χ2n) is 16.7. The van der Waals surface area contributed by atoms with E-state index in [0.29, 0.717) is 13.0 Å². The molecule has 57 heavy (non-hydrogen) atoms. The van der Waals surface area contributed by atoms with E-state index in [1.54, 1.807) is 0 Å². The van der Waals surface area contributed by atoms with Crippen LogP contribution in [0.3, 0.4) is 0 Å². The topological polar surface area (TPSA) is 109 Å². The highest BCUT2D eigenvalue weighted by Gasteiger charge is 2.39. The zero-order valence-electron chi connectivity index (χ0n) is 34.6. The van der Waals surface area contributed by atoms with Gasteiger partial charge in [0.2, 0.25) is 5.91 Å². The number of ether oxygens (including phenoxy) is 2. The van der Waals surface area contributed by atoms with Gasteiger partial charge < -0.3 is 29.8 Å². The van der Waals surface area contributed by atoms with E-state index in [9.17, 15) is 14.7 Å². The van der Waals surface area contributed by atoms with Gasteiger partial charge in [0.1, 0.15) is 0 Å². The number of fused-ring (bicyclic) bond motifs is 1. The average molecular weight is 781 g/mol. The number of nitrogens with zero attached hydrogens (tertiary/aromatic N) is 2. The summed E-state index contributed by atoms with van der Waals surface area (Å²) in [7, 11) is 0. The Hall–Kier alpha value is -3.76. The summed E-state index contributed by atoms with van der Waals surface area (Å²) in [6.07, 6.45) is 18.5. The maximum Gasteiger partial charge on any atom is 0.326 e. The molecule has 4 aromatic rings. The monoisotopic (exact) mass is 781 g/mol. The molecule has 2 fully saturated rings. The van der Waals surface area contributed by atoms with E-state index in [1.807, 2.05) is 41.0 Å². The van der Waals surface area contributed by atoms with Crippen LogP contribution in [0.25, 0.3) is 11.0 Å². The van der Waals surface area contributed by atoms with Gasteiger partial charge in [0.25, 0.3) is 0 Å². The summed E-state index contributed by atoms with van der Waals surface area (Å²) < 4.78 is 15.4. The number of para-hydroxylation sites is 2. The van der Waals surface area contributed by atoms with Gasteiger partial charge in [0.05, 0.1) is 29.8 Å². The number of aromatic amines is 1. The predicted octanol–water partition coefficient (Wildman–Crippen LogP) is 10.0. The summed E-state index contributed by atoms with van der Waals surface area (Å²) in [6, 6.07) is 24.4. The largest absolute Gasteiger partial charge is 0.392 e. The number of carbonyl (C=O) groups excluding carboxylic acids is 1. The van der Waals surface area contributed by atoms with Gasteiger partial charge in [-0.2, -0.15) is 0 Å². The van der Waals surface area contributed by atoms with Crippen molar-refractivity contribution in [2.75, 3.05) is 19.6 Å². The van der Waals surface area contributed by atoms with Crippen LogP contribution >= 0.6 is 0 Å². The quantitative estimate of drug-likeness (QED) is 0.0686. The second kappa shape index (κ2) is 22.4. The van der Waals surface area contributed by atoms with Gasteiger partial charge in [-0.15, -0.1) is 0 Å². The molecule has 0 saturated carbocycles. The predicted molar refractivity (Wildman–Crippen MR) is 229 cm³/mol. The molecule has 1 amide bonds. The number of carbonyl (C=O) groups is 1. The third-order valence-electron chi connectivity index (χ3n) is 12.4. The molecule has 3 heterocycles. The Morgan fingerprint density at radius 1 is 0.772 bits per heavy atom. The van der Waals surface area contributed by atoms with Crippen molar-refractivity contribution in [1.29, 1.82) is 0 Å². The Morgan fingerprint density at radius 2 is 1.37 bits per heavy atom. The van der Waals surface area contributed by atoms with Crippen molar-refractivity contribution >= 4 is 16.9 Å². The van der Waals surface area contributed by atoms with Crippen LogP contribution in [-0.4, -0.2) is 51.2 Å². The van der Waals surface area contributed by atoms with Crippen LogP contribution in [0.2, 0.25) is 0 Å². The Morgan fingerprint density at radius 3 is 2.02 bits per heavy atom. The van der Waals surface area contributed by atoms with Crippen LogP contribution in [0.4, 0.5) is 0 Å². The van der Waals surface area contributed by atoms with E-state index >= 15 is 0 Å². The Bertz CT molecular complexity index is 1830. The van der Waals surface area contributed by atoms with E-state index in [4.69, 9.17) is 9.47 Å². The summed E-state index contributed by atoms with van der Waals surface area (Å²) >= 11 is 0. The normalized spacial score (nSPS) is 20.6. The van der Waals surface area contributed by atoms with E-state index < -0.39 is 6.29 Å². The maximum absolute atomic E-state index is 12.9. The number of H-pyrrole nitrogens is 1. The number of aliphatic hydroxyl groups excluding tert-OH is 1. The van der Waals surface area contributed by atoms with Crippen molar-refractivity contribution in [2.24, 2.45) is 5.92 Å². The van der Waals surface area contributed by atoms with Gasteiger partial charge in [-0.1, -0.05) is 152 Å². The van der Waals surface area contributed by atoms with Crippen LogP contribution in [0.1, 0.15) is 157 Å². The molecule has 6 rings (SSSR count). The molecule has 0 aliphatic carbocycles. The highest BCUT2D eigenvalue weighted by molar-refractivity contribution is 5.76. The summed E-state index contributed by atoms with van der Waals surface area (Å²) in [5.74, 6) is 0.199. The van der Waals surface area contributed by atoms with E-state index in [2.05, 4.69) is 65.4 Å². The number of nitrogens with one attached hydrogen (secondary N) is 2. The molecule has 0 radical (unpaired) electrons. The van der Waals surface area contributed by atoms with Crippen molar-refractivity contribution in [3.8, 4) is 0 Å². The minimum absolute atomic E-state index is 0.00257. The number of aliphatic hydroxyl groups is 1. The van der Waals surface area contributed by atoms with Gasteiger partial charge in [0, 0.05) is 50.1 Å². The molecular formula is C48H68N4O5. The number of likely N-dealkylation sites (tertiary alicyclic amines) is 1. The molecule has 3 aromatic carbocycles. The van der Waals surface area contributed by atoms with Crippen molar-refractivity contribution in [2.45, 2.75) is 154 Å². The Labute approximate surface area is 340 Å². The lowest BCUT2D eigenvalue weighted by Gasteiger charge is -2.44. The lowest BCUT2D eigenvalue weighted by atomic mass is 9.89. The van der Waals surface area contributed by atoms with Gasteiger partial charge in [-0.25, -0.2) is 4.79 Å². The number of imidazole rings is 1. The van der Waals surface area contributed by atoms with Crippen LogP contribution < -0.4 is 11.0 Å². The fraction of sp³-hybridized carbons (Fsp3) is 0.583. The van der Waals surface area contributed by atoms with Gasteiger partial charge in [-0.3, -0.25) is 9.36 Å². The molecular weight excluding hydrogens is 713 g/mol. The number of benzene rings is 3. The van der Waals surface area contributed by atoms with Gasteiger partial charge in [-0.05, 0) is 48.1 Å². The first-order valence-corrected chi connectivity index (χ1v) is 22.2. The van der Waals surface area contributed by atoms with Crippen molar-refractivity contribution in [3.63, 3.8) is 0 Å². The highest BCUT2D eigenvalue weighted by Crippen LogP contribution is 2.42. The second-order valence-corrected chi connectivity index (χ2v) is 16.7. The number of aromatic nitrogens is 2. The number of unbranched alkanes of at least 4 members (excludes halogenated alkanes) is 12. The summed E-state index contributed by atoms with van der Waals surface area (Å²) in [5, 5.41) is 12.8. The molecule has 1 aromatic heterocycles. The Balaban J connectivity index is 0.970. The third-order valence-corrected chi connectivity index (χ3v) is 12.4. The fourth-order valence-electron chi connectivity index (χ4n) is 8.76. The maximum atomic E-state index is 12.9. The molecule has 2 aliphatic rings. The minimum atomic E-state index is -0.546. The molecule has 2 aliphatic heterocycles. The van der Waals surface area contributed by atoms with Gasteiger partial charge >= 0.3 is 5.69 Å².